The van der Waals surface area contributed by atoms with Gasteiger partial charge in [0.1, 0.15) is 34.0 Å². The monoisotopic (exact) mass is 1760 g/mol. The van der Waals surface area contributed by atoms with Gasteiger partial charge >= 0.3 is 0 Å². The third kappa shape index (κ3) is 12.0. The van der Waals surface area contributed by atoms with E-state index in [2.05, 4.69) is 417 Å². The van der Waals surface area contributed by atoms with E-state index in [0.29, 0.717) is 0 Å². The van der Waals surface area contributed by atoms with E-state index in [9.17, 15) is 0 Å². The van der Waals surface area contributed by atoms with Crippen molar-refractivity contribution < 1.29 is 14.2 Å². The summed E-state index contributed by atoms with van der Waals surface area (Å²) >= 11 is 0. The quantitative estimate of drug-likeness (QED) is 0.106. The molecule has 27 aromatic rings. The summed E-state index contributed by atoms with van der Waals surface area (Å²) < 4.78 is 26.6. The summed E-state index contributed by atoms with van der Waals surface area (Å²) in [7, 11) is 0. The molecule has 3 aromatic heterocycles. The predicted octanol–water partition coefficient (Wildman–Crippen LogP) is 34.9. The van der Waals surface area contributed by atoms with E-state index in [1.165, 1.54) is 179 Å². The van der Waals surface area contributed by atoms with Gasteiger partial charge in [0, 0.05) is 19.3 Å². The summed E-state index contributed by atoms with van der Waals surface area (Å²) in [6.07, 6.45) is 2.53. The largest absolute Gasteiger partial charge is 0.453 e. The van der Waals surface area contributed by atoms with E-state index >= 15 is 0 Å². The third-order valence-corrected chi connectivity index (χ3v) is 29.1. The van der Waals surface area contributed by atoms with Crippen molar-refractivity contribution in [2.75, 3.05) is 0 Å². The van der Waals surface area contributed by atoms with Crippen LogP contribution in [0.25, 0.3) is 246 Å². The van der Waals surface area contributed by atoms with Gasteiger partial charge in [-0.05, 0) is 287 Å². The van der Waals surface area contributed by atoms with E-state index < -0.39 is 0 Å². The fourth-order valence-electron chi connectivity index (χ4n) is 23.1. The van der Waals surface area contributed by atoms with E-state index in [4.69, 9.17) is 29.2 Å². The first-order chi connectivity index (χ1) is 68.3. The lowest BCUT2D eigenvalue weighted by Crippen LogP contribution is -2.07. The molecule has 9 nitrogen and oxygen atoms in total. The summed E-state index contributed by atoms with van der Waals surface area (Å²) in [5.74, 6) is 8.24. The number of benzene rings is 24. The summed E-state index contributed by atoms with van der Waals surface area (Å²) in [6.45, 7) is 6.48. The first-order valence-corrected chi connectivity index (χ1v) is 47.9. The molecule has 3 aliphatic rings. The molecule has 30 rings (SSSR count). The van der Waals surface area contributed by atoms with Crippen molar-refractivity contribution in [1.29, 1.82) is 0 Å². The Kier molecular flexibility index (Phi) is 17.8. The molecule has 0 radical (unpaired) electrons. The van der Waals surface area contributed by atoms with Gasteiger partial charge in [-0.15, -0.1) is 0 Å². The second-order valence-corrected chi connectivity index (χ2v) is 36.5. The average molecular weight is 1770 g/mol. The molecule has 0 N–H and O–H groups in total. The van der Waals surface area contributed by atoms with Crippen LogP contribution < -0.4 is 14.2 Å². The fourth-order valence-corrected chi connectivity index (χ4v) is 23.1. The summed E-state index contributed by atoms with van der Waals surface area (Å²) in [6, 6.07) is 152. The fraction of sp³-hybridized carbons (Fsp3) is 0.0465. The molecule has 24 aromatic carbocycles. The van der Waals surface area contributed by atoms with E-state index in [1.54, 1.807) is 0 Å². The average Bonchev–Trinajstić information content (AvgIpc) is 0.850. The SMILES string of the molecule is CCc1nc2cccc3c2n1-c1ccc(-c2c4ccccc4c(-c4cc5ccccc5c5ccccc45)c4ccccc24)cc1O3.CCc1nc2cccc3c2n1-c1ccc(-c2c4ccccc4c(-c4ccc5c(ccc6ccccc65)c4)c4ccccc24)cc1O3.CCc1nc2cccc3c2n1-c1ccc(-c2c4ccccc4c(-c4ccc5ccc6ccccc6c5c4)c4ccccc24)cc1O3. The lowest BCUT2D eigenvalue weighted by molar-refractivity contribution is 0.474. The highest BCUT2D eigenvalue weighted by Crippen LogP contribution is 2.55. The molecule has 0 atom stereocenters. The Balaban J connectivity index is 0.000000102. The molecule has 9 heteroatoms. The minimum atomic E-state index is 0.843. The molecule has 0 saturated heterocycles. The van der Waals surface area contributed by atoms with Crippen LogP contribution in [0.5, 0.6) is 34.5 Å². The maximum absolute atomic E-state index is 6.61. The van der Waals surface area contributed by atoms with Crippen LogP contribution in [0.4, 0.5) is 0 Å². The van der Waals surface area contributed by atoms with Crippen molar-refractivity contribution in [1.82, 2.24) is 28.7 Å². The van der Waals surface area contributed by atoms with Crippen LogP contribution in [0.2, 0.25) is 0 Å². The van der Waals surface area contributed by atoms with Crippen LogP contribution in [0.15, 0.2) is 419 Å². The zero-order valence-electron chi connectivity index (χ0n) is 75.9. The number of rotatable bonds is 9. The molecule has 6 heterocycles. The normalized spacial score (nSPS) is 12.3. The van der Waals surface area contributed by atoms with Crippen molar-refractivity contribution in [2.45, 2.75) is 40.0 Å². The molecule has 0 saturated carbocycles. The number of hydrogen-bond donors (Lipinski definition) is 0. The highest BCUT2D eigenvalue weighted by Gasteiger charge is 2.32. The summed E-state index contributed by atoms with van der Waals surface area (Å²) in [5.41, 5.74) is 23.7. The number of ether oxygens (including phenoxy) is 3. The maximum atomic E-state index is 6.61. The Morgan fingerprint density at radius 3 is 0.804 bits per heavy atom. The highest BCUT2D eigenvalue weighted by molar-refractivity contribution is 6.28. The van der Waals surface area contributed by atoms with Crippen LogP contribution in [-0.2, 0) is 19.3 Å². The van der Waals surface area contributed by atoms with Crippen LogP contribution in [0, 0.1) is 0 Å². The van der Waals surface area contributed by atoms with Gasteiger partial charge in [-0.3, -0.25) is 13.7 Å². The minimum Gasteiger partial charge on any atom is -0.453 e. The van der Waals surface area contributed by atoms with Crippen molar-refractivity contribution >= 4 is 162 Å². The lowest BCUT2D eigenvalue weighted by Gasteiger charge is -2.23. The van der Waals surface area contributed by atoms with Gasteiger partial charge < -0.3 is 14.2 Å². The number of para-hydroxylation sites is 3. The van der Waals surface area contributed by atoms with Crippen LogP contribution in [0.3, 0.4) is 0 Å². The Bertz CT molecular complexity index is 9760. The number of imidazole rings is 3. The zero-order chi connectivity index (χ0) is 91.1. The Labute approximate surface area is 794 Å². The van der Waals surface area contributed by atoms with Gasteiger partial charge in [-0.1, -0.05) is 348 Å². The van der Waals surface area contributed by atoms with Gasteiger partial charge in [0.2, 0.25) is 0 Å². The standard InChI is InChI=1S/3C43H28N2O/c1-2-40-44-36-16-9-17-38-43(36)45(40)37-23-21-29(25-39(37)46-38)42-34-14-7-5-12-32(34)41(33-13-6-8-15-35(33)42)28-20-22-31-27(24-28)19-18-26-10-3-4-11-30(26)31;1-2-40-44-36-16-9-17-38-43(36)45(40)37-23-22-29(25-39(37)46-38)42-33-14-7-5-12-31(33)41(32-13-6-8-15-34(32)42)28-21-20-27-19-18-26-10-3-4-11-30(26)35(27)24-28;1-2-40-44-36-20-11-21-38-43(36)45(40)37-23-22-27(25-39(37)46-38)41-31-16-7-9-18-33(31)42(34-19-10-8-17-32(34)41)35-24-26-12-3-4-13-28(26)29-14-5-6-15-30(29)35/h3*3-25H,2H2,1H3. The van der Waals surface area contributed by atoms with Crippen molar-refractivity contribution in [3.05, 3.63) is 436 Å². The highest BCUT2D eigenvalue weighted by atomic mass is 16.5. The number of aromatic nitrogens is 6. The van der Waals surface area contributed by atoms with E-state index in [1.807, 2.05) is 36.4 Å². The number of aryl methyl sites for hydroxylation is 3. The number of fused-ring (bicyclic) bond motifs is 21. The smallest absolute Gasteiger partial charge is 0.153 e. The molecule has 0 fully saturated rings. The summed E-state index contributed by atoms with van der Waals surface area (Å²) in [4.78, 5) is 14.8. The zero-order valence-corrected chi connectivity index (χ0v) is 75.9. The van der Waals surface area contributed by atoms with Gasteiger partial charge in [0.05, 0.1) is 33.6 Å². The van der Waals surface area contributed by atoms with Gasteiger partial charge in [-0.2, -0.15) is 0 Å². The Morgan fingerprint density at radius 1 is 0.181 bits per heavy atom. The second-order valence-electron chi connectivity index (χ2n) is 36.5. The molecule has 3 aliphatic heterocycles. The molecule has 0 bridgehead atoms. The van der Waals surface area contributed by atoms with E-state index in [0.717, 1.165) is 138 Å². The molecule has 0 aliphatic carbocycles. The molecule has 0 amide bonds. The summed E-state index contributed by atoms with van der Waals surface area (Å²) in [5, 5.41) is 30.0. The second kappa shape index (κ2) is 31.2. The Morgan fingerprint density at radius 2 is 0.435 bits per heavy atom. The maximum Gasteiger partial charge on any atom is 0.153 e. The molecule has 138 heavy (non-hydrogen) atoms. The molecular weight excluding hydrogens is 1680 g/mol. The minimum absolute atomic E-state index is 0.843. The molecule has 648 valence electrons. The number of nitrogens with zero attached hydrogens (tertiary/aromatic N) is 6. The van der Waals surface area contributed by atoms with Crippen molar-refractivity contribution in [3.63, 3.8) is 0 Å². The Hall–Kier alpha value is -17.8. The van der Waals surface area contributed by atoms with Crippen LogP contribution in [0.1, 0.15) is 38.2 Å². The van der Waals surface area contributed by atoms with E-state index in [-0.39, 0.29) is 0 Å². The third-order valence-electron chi connectivity index (χ3n) is 29.1. The lowest BCUT2D eigenvalue weighted by atomic mass is 9.84. The van der Waals surface area contributed by atoms with Gasteiger partial charge in [-0.25, -0.2) is 15.0 Å². The van der Waals surface area contributed by atoms with Gasteiger partial charge in [0.25, 0.3) is 0 Å². The van der Waals surface area contributed by atoms with Crippen molar-refractivity contribution in [3.8, 4) is 118 Å². The topological polar surface area (TPSA) is 81.1 Å². The van der Waals surface area contributed by atoms with Crippen molar-refractivity contribution in [2.24, 2.45) is 0 Å². The first-order valence-electron chi connectivity index (χ1n) is 47.9. The van der Waals surface area contributed by atoms with Crippen LogP contribution >= 0.6 is 0 Å². The van der Waals surface area contributed by atoms with Gasteiger partial charge in [0.15, 0.2) is 34.5 Å². The number of hydrogen-bond acceptors (Lipinski definition) is 6. The van der Waals surface area contributed by atoms with Crippen LogP contribution in [-0.4, -0.2) is 28.7 Å². The molecule has 0 spiro atoms. The predicted molar refractivity (Wildman–Crippen MR) is 574 cm³/mol. The molecular formula is C129H84N6O3. The first kappa shape index (κ1) is 78.8. The molecule has 0 unspecified atom stereocenters.